The lowest BCUT2D eigenvalue weighted by molar-refractivity contribution is -0.620. The van der Waals surface area contributed by atoms with Gasteiger partial charge in [0, 0.05) is 21.8 Å². The lowest BCUT2D eigenvalue weighted by atomic mass is 9.96. The first kappa shape index (κ1) is 26.3. The maximum atomic E-state index is 13.4. The number of nitriles is 1. The number of halogens is 2. The van der Waals surface area contributed by atoms with Crippen molar-refractivity contribution in [1.82, 2.24) is 9.97 Å². The Morgan fingerprint density at radius 1 is 1.23 bits per heavy atom. The summed E-state index contributed by atoms with van der Waals surface area (Å²) in [6, 6.07) is 13.6. The molecule has 1 atom stereocenters. The number of aromatic amines is 1. The third-order valence-electron chi connectivity index (χ3n) is 6.64. The molecule has 39 heavy (non-hydrogen) atoms. The van der Waals surface area contributed by atoms with E-state index in [1.165, 1.54) is 20.4 Å². The number of rotatable bonds is 5. The van der Waals surface area contributed by atoms with Crippen molar-refractivity contribution < 1.29 is 24.1 Å². The molecule has 198 valence electrons. The van der Waals surface area contributed by atoms with E-state index in [0.29, 0.717) is 61.1 Å². The molecule has 1 amide bonds. The van der Waals surface area contributed by atoms with Crippen molar-refractivity contribution in [1.29, 1.82) is 5.26 Å². The van der Waals surface area contributed by atoms with Crippen molar-refractivity contribution in [2.45, 2.75) is 18.4 Å². The van der Waals surface area contributed by atoms with Gasteiger partial charge in [-0.3, -0.25) is 5.32 Å². The number of fused-ring (bicyclic) bond motifs is 1. The second kappa shape index (κ2) is 10.1. The van der Waals surface area contributed by atoms with Crippen LogP contribution in [0.15, 0.2) is 48.7 Å². The molecule has 0 spiro atoms. The summed E-state index contributed by atoms with van der Waals surface area (Å²) in [5, 5.41) is 38.0. The highest BCUT2D eigenvalue weighted by atomic mass is 35.5. The summed E-state index contributed by atoms with van der Waals surface area (Å²) in [4.78, 5) is 18.9. The average Bonchev–Trinajstić information content (AvgIpc) is 3.50. The van der Waals surface area contributed by atoms with Crippen molar-refractivity contribution >= 4 is 35.0 Å². The number of nitrogens with zero attached hydrogens (tertiary/aromatic N) is 3. The number of nitrogens with one attached hydrogen (secondary N) is 2. The normalized spacial score (nSPS) is 15.9. The van der Waals surface area contributed by atoms with E-state index in [0.717, 1.165) is 0 Å². The van der Waals surface area contributed by atoms with Crippen molar-refractivity contribution in [2.24, 2.45) is 0 Å². The molecule has 2 heterocycles. The Kier molecular flexibility index (Phi) is 6.82. The van der Waals surface area contributed by atoms with E-state index in [2.05, 4.69) is 26.1 Å². The molecular weight excluding hydrogens is 545 g/mol. The fraction of sp³-hybridized carbons (Fsp3) is 0.185. The molecule has 1 aliphatic rings. The number of methoxy groups -OCH3 is 2. The van der Waals surface area contributed by atoms with Crippen molar-refractivity contribution in [3.05, 3.63) is 86.7 Å². The number of anilines is 1. The minimum atomic E-state index is -1.79. The van der Waals surface area contributed by atoms with Gasteiger partial charge in [-0.2, -0.15) is 9.99 Å². The minimum Gasteiger partial charge on any atom is -0.618 e. The number of pyridine rings is 1. The maximum absolute atomic E-state index is 13.4. The molecule has 2 aromatic heterocycles. The van der Waals surface area contributed by atoms with E-state index in [1.54, 1.807) is 42.5 Å². The van der Waals surface area contributed by atoms with Gasteiger partial charge in [-0.15, -0.1) is 0 Å². The SMILES string of the molecule is COC(=O)Nc1ccc(-c2nc(C3(O)CCc4c(OC)c(-c5cc(Cl)ccc5C#N)c[n+]([O-])c43)[nH]c2Cl)cc1. The topological polar surface area (TPSA) is 147 Å². The molecule has 0 radical (unpaired) electrons. The molecular formula is C27H21Cl2N5O5. The number of carbonyl (C=O) groups excluding carboxylic acids is 1. The summed E-state index contributed by atoms with van der Waals surface area (Å²) < 4.78 is 10.9. The Labute approximate surface area is 232 Å². The van der Waals surface area contributed by atoms with Crippen LogP contribution in [0.25, 0.3) is 22.4 Å². The number of benzene rings is 2. The zero-order chi connectivity index (χ0) is 27.9. The van der Waals surface area contributed by atoms with E-state index in [4.69, 9.17) is 27.9 Å². The predicted molar refractivity (Wildman–Crippen MR) is 143 cm³/mol. The molecule has 4 aromatic rings. The van der Waals surface area contributed by atoms with Crippen LogP contribution in [0.4, 0.5) is 10.5 Å². The smallest absolute Gasteiger partial charge is 0.411 e. The third kappa shape index (κ3) is 4.51. The van der Waals surface area contributed by atoms with Crippen LogP contribution in [-0.4, -0.2) is 35.4 Å². The van der Waals surface area contributed by atoms with Crippen LogP contribution in [-0.2, 0) is 16.8 Å². The second-order valence-corrected chi connectivity index (χ2v) is 9.65. The van der Waals surface area contributed by atoms with Crippen LogP contribution in [0.3, 0.4) is 0 Å². The highest BCUT2D eigenvalue weighted by Crippen LogP contribution is 2.47. The van der Waals surface area contributed by atoms with Gasteiger partial charge in [0.2, 0.25) is 11.3 Å². The molecule has 5 rings (SSSR count). The number of ether oxygens (including phenoxy) is 2. The van der Waals surface area contributed by atoms with Crippen molar-refractivity contribution in [3.63, 3.8) is 0 Å². The largest absolute Gasteiger partial charge is 0.618 e. The molecule has 10 nitrogen and oxygen atoms in total. The van der Waals surface area contributed by atoms with Crippen molar-refractivity contribution in [3.8, 4) is 34.2 Å². The lowest BCUT2D eigenvalue weighted by Gasteiger charge is -2.21. The summed E-state index contributed by atoms with van der Waals surface area (Å²) >= 11 is 12.7. The molecule has 0 bridgehead atoms. The molecule has 0 saturated heterocycles. The summed E-state index contributed by atoms with van der Waals surface area (Å²) in [7, 11) is 2.73. The number of hydrogen-bond donors (Lipinski definition) is 3. The number of aromatic nitrogens is 3. The summed E-state index contributed by atoms with van der Waals surface area (Å²) in [5.41, 5.74) is 1.39. The first-order chi connectivity index (χ1) is 18.7. The minimum absolute atomic E-state index is 0.0539. The number of hydrogen-bond acceptors (Lipinski definition) is 7. The van der Waals surface area contributed by atoms with E-state index >= 15 is 0 Å². The highest BCUT2D eigenvalue weighted by molar-refractivity contribution is 6.32. The Morgan fingerprint density at radius 3 is 2.64 bits per heavy atom. The Bertz CT molecular complexity index is 1650. The van der Waals surface area contributed by atoms with E-state index < -0.39 is 11.7 Å². The summed E-state index contributed by atoms with van der Waals surface area (Å²) in [5.74, 6) is 0.455. The van der Waals surface area contributed by atoms with Gasteiger partial charge in [0.25, 0.3) is 0 Å². The van der Waals surface area contributed by atoms with Gasteiger partial charge < -0.3 is 24.8 Å². The predicted octanol–water partition coefficient (Wildman–Crippen LogP) is 4.92. The van der Waals surface area contributed by atoms with Crippen LogP contribution in [0.1, 0.15) is 29.1 Å². The average molecular weight is 566 g/mol. The number of aliphatic hydroxyl groups is 1. The van der Waals surface area contributed by atoms with E-state index in [-0.39, 0.29) is 23.1 Å². The standard InChI is InChI=1S/C27H21Cl2N5O5/c1-38-22-18-9-10-27(36,23(18)34(37)13-20(22)19-11-16(28)6-3-15(19)12-30)25-32-21(24(29)33-25)14-4-7-17(8-5-14)31-26(35)39-2/h3-8,11,13,36H,9-10H2,1-2H3,(H,31,35)(H,32,33). The first-order valence-corrected chi connectivity index (χ1v) is 12.4. The molecule has 0 aliphatic heterocycles. The number of imidazole rings is 1. The van der Waals surface area contributed by atoms with Gasteiger partial charge in [-0.1, -0.05) is 35.3 Å². The Morgan fingerprint density at radius 2 is 1.97 bits per heavy atom. The fourth-order valence-electron chi connectivity index (χ4n) is 4.84. The van der Waals surface area contributed by atoms with Gasteiger partial charge in [0.1, 0.15) is 16.6 Å². The first-order valence-electron chi connectivity index (χ1n) is 11.7. The molecule has 0 saturated carbocycles. The zero-order valence-corrected chi connectivity index (χ0v) is 22.2. The van der Waals surface area contributed by atoms with Crippen LogP contribution in [0.2, 0.25) is 10.2 Å². The maximum Gasteiger partial charge on any atom is 0.411 e. The van der Waals surface area contributed by atoms with Gasteiger partial charge in [-0.05, 0) is 43.2 Å². The summed E-state index contributed by atoms with van der Waals surface area (Å²) in [6.07, 6.45) is 1.10. The van der Waals surface area contributed by atoms with Gasteiger partial charge in [0.05, 0.1) is 37.0 Å². The van der Waals surface area contributed by atoms with Gasteiger partial charge in [0.15, 0.2) is 12.0 Å². The molecule has 1 aliphatic carbocycles. The second-order valence-electron chi connectivity index (χ2n) is 8.83. The Hall–Kier alpha value is -4.30. The highest BCUT2D eigenvalue weighted by Gasteiger charge is 2.50. The molecule has 12 heteroatoms. The molecule has 2 aromatic carbocycles. The monoisotopic (exact) mass is 565 g/mol. The van der Waals surface area contributed by atoms with E-state index in [9.17, 15) is 20.4 Å². The van der Waals surface area contributed by atoms with E-state index in [1.807, 2.05) is 0 Å². The number of amides is 1. The number of carbonyl (C=O) groups is 1. The van der Waals surface area contributed by atoms with Gasteiger partial charge in [-0.25, -0.2) is 9.78 Å². The third-order valence-corrected chi connectivity index (χ3v) is 7.15. The molecule has 1 unspecified atom stereocenters. The fourth-order valence-corrected chi connectivity index (χ4v) is 5.26. The molecule has 0 fully saturated rings. The zero-order valence-electron chi connectivity index (χ0n) is 20.7. The number of H-pyrrole nitrogens is 1. The quantitative estimate of drug-likeness (QED) is 0.229. The van der Waals surface area contributed by atoms with Crippen LogP contribution in [0, 0.1) is 16.5 Å². The van der Waals surface area contributed by atoms with Crippen molar-refractivity contribution in [2.75, 3.05) is 19.5 Å². The van der Waals surface area contributed by atoms with Crippen LogP contribution >= 0.6 is 23.2 Å². The summed E-state index contributed by atoms with van der Waals surface area (Å²) in [6.45, 7) is 0. The lowest BCUT2D eigenvalue weighted by Crippen LogP contribution is -2.42. The van der Waals surface area contributed by atoms with Crippen LogP contribution < -0.4 is 14.8 Å². The van der Waals surface area contributed by atoms with Gasteiger partial charge >= 0.3 is 6.09 Å². The van der Waals surface area contributed by atoms with Crippen LogP contribution in [0.5, 0.6) is 5.75 Å². The Balaban J connectivity index is 1.57. The molecule has 3 N–H and O–H groups in total.